The van der Waals surface area contributed by atoms with Crippen molar-refractivity contribution in [3.8, 4) is 6.07 Å². The first-order chi connectivity index (χ1) is 6.72. The van der Waals surface area contributed by atoms with Crippen LogP contribution in [0.2, 0.25) is 0 Å². The molecule has 1 aliphatic heterocycles. The second kappa shape index (κ2) is 3.68. The van der Waals surface area contributed by atoms with Gasteiger partial charge in [0.1, 0.15) is 6.07 Å². The molecule has 0 aromatic carbocycles. The second-order valence-corrected chi connectivity index (χ2v) is 4.36. The number of hydrogen-bond acceptors (Lipinski definition) is 3. The molecule has 0 saturated heterocycles. The average Bonchev–Trinajstić information content (AvgIpc) is 2.17. The minimum Gasteiger partial charge on any atom is -0.302 e. The van der Waals surface area contributed by atoms with Gasteiger partial charge >= 0.3 is 0 Å². The van der Waals surface area contributed by atoms with Gasteiger partial charge in [-0.3, -0.25) is 4.98 Å². The van der Waals surface area contributed by atoms with Crippen molar-refractivity contribution in [1.29, 1.82) is 5.26 Å². The van der Waals surface area contributed by atoms with Gasteiger partial charge in [0.25, 0.3) is 0 Å². The Hall–Kier alpha value is -0.920. The van der Waals surface area contributed by atoms with Gasteiger partial charge in [0, 0.05) is 37.0 Å². The van der Waals surface area contributed by atoms with Crippen molar-refractivity contribution in [1.82, 2.24) is 9.88 Å². The lowest BCUT2D eigenvalue weighted by Gasteiger charge is -2.24. The third kappa shape index (κ3) is 1.54. The van der Waals surface area contributed by atoms with E-state index in [-0.39, 0.29) is 0 Å². The Morgan fingerprint density at radius 2 is 2.43 bits per heavy atom. The zero-order valence-corrected chi connectivity index (χ0v) is 9.50. The molecule has 0 bridgehead atoms. The predicted octanol–water partition coefficient (Wildman–Crippen LogP) is 1.70. The first-order valence-corrected chi connectivity index (χ1v) is 5.26. The minimum absolute atomic E-state index is 0.738. The van der Waals surface area contributed by atoms with E-state index in [2.05, 4.69) is 38.9 Å². The van der Waals surface area contributed by atoms with Crippen molar-refractivity contribution in [3.63, 3.8) is 0 Å². The highest BCUT2D eigenvalue weighted by Gasteiger charge is 2.19. The zero-order valence-electron chi connectivity index (χ0n) is 7.92. The molecule has 0 atom stereocenters. The summed E-state index contributed by atoms with van der Waals surface area (Å²) in [4.78, 5) is 6.54. The summed E-state index contributed by atoms with van der Waals surface area (Å²) in [5.41, 5.74) is 2.89. The summed E-state index contributed by atoms with van der Waals surface area (Å²) in [6.07, 6.45) is 2.66. The molecule has 0 N–H and O–H groups in total. The third-order valence-corrected chi connectivity index (χ3v) is 3.09. The van der Waals surface area contributed by atoms with Crippen molar-refractivity contribution in [2.75, 3.05) is 13.6 Å². The van der Waals surface area contributed by atoms with Crippen LogP contribution in [-0.4, -0.2) is 23.5 Å². The SMILES string of the molecule is CN1CCc2ncc(Br)c(C#N)c2C1. The fourth-order valence-electron chi connectivity index (χ4n) is 1.72. The van der Waals surface area contributed by atoms with Crippen LogP contribution in [0.4, 0.5) is 0 Å². The van der Waals surface area contributed by atoms with Gasteiger partial charge in [0.05, 0.1) is 10.0 Å². The van der Waals surface area contributed by atoms with Crippen LogP contribution in [0.25, 0.3) is 0 Å². The monoisotopic (exact) mass is 251 g/mol. The van der Waals surface area contributed by atoms with E-state index >= 15 is 0 Å². The molecular weight excluding hydrogens is 242 g/mol. The van der Waals surface area contributed by atoms with E-state index in [9.17, 15) is 0 Å². The lowest BCUT2D eigenvalue weighted by atomic mass is 10.0. The van der Waals surface area contributed by atoms with Gasteiger partial charge in [-0.05, 0) is 23.0 Å². The molecule has 14 heavy (non-hydrogen) atoms. The van der Waals surface area contributed by atoms with Crippen LogP contribution >= 0.6 is 15.9 Å². The number of nitrogens with zero attached hydrogens (tertiary/aromatic N) is 3. The lowest BCUT2D eigenvalue weighted by Crippen LogP contribution is -2.28. The molecule has 4 heteroatoms. The fourth-order valence-corrected chi connectivity index (χ4v) is 2.15. The molecule has 0 aliphatic carbocycles. The van der Waals surface area contributed by atoms with Crippen molar-refractivity contribution in [3.05, 3.63) is 27.5 Å². The third-order valence-electron chi connectivity index (χ3n) is 2.49. The van der Waals surface area contributed by atoms with Crippen LogP contribution in [0.15, 0.2) is 10.7 Å². The van der Waals surface area contributed by atoms with E-state index in [1.54, 1.807) is 6.20 Å². The molecule has 72 valence electrons. The summed E-state index contributed by atoms with van der Waals surface area (Å²) in [5.74, 6) is 0. The van der Waals surface area contributed by atoms with Crippen LogP contribution < -0.4 is 0 Å². The maximum atomic E-state index is 9.03. The number of halogens is 1. The Morgan fingerprint density at radius 3 is 3.14 bits per heavy atom. The number of fused-ring (bicyclic) bond motifs is 1. The molecule has 1 aromatic rings. The van der Waals surface area contributed by atoms with Gasteiger partial charge < -0.3 is 4.90 Å². The molecule has 1 aliphatic rings. The summed E-state index contributed by atoms with van der Waals surface area (Å²) in [7, 11) is 2.06. The molecule has 1 aromatic heterocycles. The summed E-state index contributed by atoms with van der Waals surface area (Å²) < 4.78 is 0.800. The largest absolute Gasteiger partial charge is 0.302 e. The van der Waals surface area contributed by atoms with Crippen molar-refractivity contribution in [2.45, 2.75) is 13.0 Å². The highest BCUT2D eigenvalue weighted by Crippen LogP contribution is 2.25. The molecule has 0 spiro atoms. The van der Waals surface area contributed by atoms with Crippen LogP contribution in [-0.2, 0) is 13.0 Å². The first-order valence-electron chi connectivity index (χ1n) is 4.47. The Balaban J connectivity index is 2.56. The van der Waals surface area contributed by atoms with Crippen molar-refractivity contribution in [2.24, 2.45) is 0 Å². The zero-order chi connectivity index (χ0) is 10.1. The summed E-state index contributed by atoms with van der Waals surface area (Å²) in [5, 5.41) is 9.03. The minimum atomic E-state index is 0.738. The molecule has 2 rings (SSSR count). The normalized spacial score (nSPS) is 16.1. The number of hydrogen-bond donors (Lipinski definition) is 0. The summed E-state index contributed by atoms with van der Waals surface area (Å²) in [6.45, 7) is 1.84. The maximum Gasteiger partial charge on any atom is 0.101 e. The molecule has 0 fully saturated rings. The van der Waals surface area contributed by atoms with Gasteiger partial charge in [0.15, 0.2) is 0 Å². The van der Waals surface area contributed by atoms with Crippen LogP contribution in [0.1, 0.15) is 16.8 Å². The average molecular weight is 252 g/mol. The second-order valence-electron chi connectivity index (χ2n) is 3.51. The van der Waals surface area contributed by atoms with Gasteiger partial charge in [0.2, 0.25) is 0 Å². The molecule has 2 heterocycles. The number of pyridine rings is 1. The van der Waals surface area contributed by atoms with Crippen molar-refractivity contribution < 1.29 is 0 Å². The molecule has 0 saturated carbocycles. The quantitative estimate of drug-likeness (QED) is 0.705. The molecule has 3 nitrogen and oxygen atoms in total. The van der Waals surface area contributed by atoms with E-state index < -0.39 is 0 Å². The number of nitriles is 1. The predicted molar refractivity (Wildman–Crippen MR) is 56.7 cm³/mol. The van der Waals surface area contributed by atoms with Gasteiger partial charge in [-0.15, -0.1) is 0 Å². The number of rotatable bonds is 0. The maximum absolute atomic E-state index is 9.03. The van der Waals surface area contributed by atoms with Gasteiger partial charge in [-0.1, -0.05) is 0 Å². The summed E-state index contributed by atoms with van der Waals surface area (Å²) >= 11 is 3.35. The van der Waals surface area contributed by atoms with E-state index in [0.717, 1.165) is 40.8 Å². The number of aromatic nitrogens is 1. The van der Waals surface area contributed by atoms with E-state index in [4.69, 9.17) is 5.26 Å². The van der Waals surface area contributed by atoms with E-state index in [1.165, 1.54) is 0 Å². The van der Waals surface area contributed by atoms with Crippen molar-refractivity contribution >= 4 is 15.9 Å². The Bertz CT molecular complexity index is 409. The molecule has 0 radical (unpaired) electrons. The highest BCUT2D eigenvalue weighted by molar-refractivity contribution is 9.10. The Labute approximate surface area is 91.5 Å². The van der Waals surface area contributed by atoms with Crippen LogP contribution in [0.3, 0.4) is 0 Å². The van der Waals surface area contributed by atoms with E-state index in [1.807, 2.05) is 0 Å². The first kappa shape index (κ1) is 9.63. The van der Waals surface area contributed by atoms with E-state index in [0.29, 0.717) is 0 Å². The van der Waals surface area contributed by atoms with Gasteiger partial charge in [-0.2, -0.15) is 5.26 Å². The fraction of sp³-hybridized carbons (Fsp3) is 0.400. The molecular formula is C10H10BrN3. The topological polar surface area (TPSA) is 39.9 Å². The standard InChI is InChI=1S/C10H10BrN3/c1-14-3-2-10-8(6-14)7(4-12)9(11)5-13-10/h5H,2-3,6H2,1H3. The Morgan fingerprint density at radius 1 is 1.64 bits per heavy atom. The van der Waals surface area contributed by atoms with Gasteiger partial charge in [-0.25, -0.2) is 0 Å². The smallest absolute Gasteiger partial charge is 0.101 e. The molecule has 0 unspecified atom stereocenters. The number of likely N-dealkylation sites (N-methyl/N-ethyl adjacent to an activating group) is 1. The lowest BCUT2D eigenvalue weighted by molar-refractivity contribution is 0.309. The highest BCUT2D eigenvalue weighted by atomic mass is 79.9. The van der Waals surface area contributed by atoms with Crippen LogP contribution in [0.5, 0.6) is 0 Å². The van der Waals surface area contributed by atoms with Crippen LogP contribution in [0, 0.1) is 11.3 Å². The summed E-state index contributed by atoms with van der Waals surface area (Å²) in [6, 6.07) is 2.23. The Kier molecular flexibility index (Phi) is 2.53. The molecule has 0 amide bonds.